The molecule has 2 N–H and O–H groups in total. The normalized spacial score (nSPS) is 14.2. The van der Waals surface area contributed by atoms with Gasteiger partial charge in [0.1, 0.15) is 0 Å². The number of H-pyrrole nitrogens is 1. The molecule has 2 heterocycles. The summed E-state index contributed by atoms with van der Waals surface area (Å²) in [5.41, 5.74) is 2.44. The molecule has 2 aromatic rings. The van der Waals surface area contributed by atoms with Crippen LogP contribution < -0.4 is 10.9 Å². The molecule has 136 valence electrons. The summed E-state index contributed by atoms with van der Waals surface area (Å²) in [7, 11) is 0. The van der Waals surface area contributed by atoms with E-state index in [1.54, 1.807) is 36.1 Å². The van der Waals surface area contributed by atoms with Crippen LogP contribution in [0.2, 0.25) is 0 Å². The molecule has 0 saturated carbocycles. The van der Waals surface area contributed by atoms with Gasteiger partial charge in [-0.15, -0.1) is 0 Å². The van der Waals surface area contributed by atoms with Crippen LogP contribution in [0, 0.1) is 13.8 Å². The van der Waals surface area contributed by atoms with Crippen molar-refractivity contribution in [2.24, 2.45) is 0 Å². The topological polar surface area (TPSA) is 91.5 Å². The van der Waals surface area contributed by atoms with Crippen molar-refractivity contribution in [2.45, 2.75) is 13.8 Å². The highest BCUT2D eigenvalue weighted by Crippen LogP contribution is 2.19. The van der Waals surface area contributed by atoms with E-state index in [4.69, 9.17) is 4.74 Å². The van der Waals surface area contributed by atoms with Crippen molar-refractivity contribution in [3.8, 4) is 0 Å². The lowest BCUT2D eigenvalue weighted by Crippen LogP contribution is -2.41. The molecule has 26 heavy (non-hydrogen) atoms. The summed E-state index contributed by atoms with van der Waals surface area (Å²) in [6, 6.07) is 8.06. The van der Waals surface area contributed by atoms with E-state index in [9.17, 15) is 14.4 Å². The van der Waals surface area contributed by atoms with E-state index in [0.29, 0.717) is 43.2 Å². The zero-order chi connectivity index (χ0) is 18.7. The third-order valence-electron chi connectivity index (χ3n) is 4.27. The number of hydrogen-bond donors (Lipinski definition) is 2. The van der Waals surface area contributed by atoms with Gasteiger partial charge in [-0.1, -0.05) is 6.07 Å². The zero-order valence-corrected chi connectivity index (χ0v) is 14.8. The van der Waals surface area contributed by atoms with E-state index in [0.717, 1.165) is 5.56 Å². The van der Waals surface area contributed by atoms with Crippen LogP contribution in [-0.2, 0) is 4.74 Å². The Hall–Kier alpha value is -2.93. The van der Waals surface area contributed by atoms with Crippen molar-refractivity contribution in [1.82, 2.24) is 9.88 Å². The number of pyridine rings is 1. The maximum Gasteiger partial charge on any atom is 0.255 e. The van der Waals surface area contributed by atoms with Crippen LogP contribution >= 0.6 is 0 Å². The molecule has 1 aliphatic heterocycles. The van der Waals surface area contributed by atoms with Gasteiger partial charge in [0.25, 0.3) is 11.8 Å². The lowest BCUT2D eigenvalue weighted by Gasteiger charge is -2.27. The summed E-state index contributed by atoms with van der Waals surface area (Å²) in [6.45, 7) is 5.75. The highest BCUT2D eigenvalue weighted by atomic mass is 16.5. The molecule has 0 bridgehead atoms. The SMILES string of the molecule is Cc1cc(C(=O)Nc2ccc(C)c(C(=O)N3CCOCC3)c2)cc(=O)[nH]1. The summed E-state index contributed by atoms with van der Waals surface area (Å²) in [4.78, 5) is 41.0. The number of aromatic nitrogens is 1. The molecule has 1 aromatic carbocycles. The van der Waals surface area contributed by atoms with Gasteiger partial charge in [-0.3, -0.25) is 14.4 Å². The Balaban J connectivity index is 1.81. The Morgan fingerprint density at radius 3 is 2.54 bits per heavy atom. The van der Waals surface area contributed by atoms with Gasteiger partial charge in [0, 0.05) is 41.7 Å². The number of hydrogen-bond acceptors (Lipinski definition) is 4. The molecule has 0 atom stereocenters. The van der Waals surface area contributed by atoms with Crippen molar-refractivity contribution in [1.29, 1.82) is 0 Å². The minimum Gasteiger partial charge on any atom is -0.378 e. The zero-order valence-electron chi connectivity index (χ0n) is 14.8. The fraction of sp³-hybridized carbons (Fsp3) is 0.316. The van der Waals surface area contributed by atoms with Gasteiger partial charge < -0.3 is 19.9 Å². The summed E-state index contributed by atoms with van der Waals surface area (Å²) in [5, 5.41) is 2.75. The first kappa shape index (κ1) is 17.9. The average Bonchev–Trinajstić information content (AvgIpc) is 2.62. The molecule has 1 saturated heterocycles. The molecule has 7 heteroatoms. The number of morpholine rings is 1. The molecule has 1 aromatic heterocycles. The van der Waals surface area contributed by atoms with Gasteiger partial charge >= 0.3 is 0 Å². The van der Waals surface area contributed by atoms with Crippen LogP contribution in [0.3, 0.4) is 0 Å². The fourth-order valence-electron chi connectivity index (χ4n) is 2.88. The second kappa shape index (κ2) is 7.53. The van der Waals surface area contributed by atoms with Gasteiger partial charge in [-0.05, 0) is 37.6 Å². The van der Waals surface area contributed by atoms with Crippen molar-refractivity contribution in [3.05, 3.63) is 63.1 Å². The van der Waals surface area contributed by atoms with E-state index in [-0.39, 0.29) is 17.0 Å². The second-order valence-corrected chi connectivity index (χ2v) is 6.30. The molecular formula is C19H21N3O4. The van der Waals surface area contributed by atoms with Crippen LogP contribution in [0.25, 0.3) is 0 Å². The van der Waals surface area contributed by atoms with Crippen molar-refractivity contribution < 1.29 is 14.3 Å². The maximum atomic E-state index is 12.7. The van der Waals surface area contributed by atoms with Gasteiger partial charge in [0.15, 0.2) is 0 Å². The molecule has 1 aliphatic rings. The number of aromatic amines is 1. The number of nitrogens with one attached hydrogen (secondary N) is 2. The molecule has 0 unspecified atom stereocenters. The van der Waals surface area contributed by atoms with E-state index in [1.807, 2.05) is 6.92 Å². The Morgan fingerprint density at radius 2 is 1.85 bits per heavy atom. The van der Waals surface area contributed by atoms with Crippen LogP contribution in [0.1, 0.15) is 32.0 Å². The number of nitrogens with zero attached hydrogens (tertiary/aromatic N) is 1. The van der Waals surface area contributed by atoms with Crippen LogP contribution in [0.5, 0.6) is 0 Å². The van der Waals surface area contributed by atoms with Crippen molar-refractivity contribution in [3.63, 3.8) is 0 Å². The first-order valence-corrected chi connectivity index (χ1v) is 8.44. The third kappa shape index (κ3) is 4.00. The van der Waals surface area contributed by atoms with E-state index < -0.39 is 5.91 Å². The Kier molecular flexibility index (Phi) is 5.18. The predicted molar refractivity (Wildman–Crippen MR) is 97.7 cm³/mol. The minimum atomic E-state index is -0.396. The number of ether oxygens (including phenoxy) is 1. The Bertz CT molecular complexity index is 898. The van der Waals surface area contributed by atoms with Crippen LogP contribution in [-0.4, -0.2) is 48.0 Å². The van der Waals surface area contributed by atoms with Gasteiger partial charge in [-0.25, -0.2) is 0 Å². The summed E-state index contributed by atoms with van der Waals surface area (Å²) in [6.07, 6.45) is 0. The summed E-state index contributed by atoms with van der Waals surface area (Å²) in [5.74, 6) is -0.471. The number of rotatable bonds is 3. The average molecular weight is 355 g/mol. The number of carbonyl (C=O) groups excluding carboxylic acids is 2. The number of amides is 2. The van der Waals surface area contributed by atoms with E-state index in [2.05, 4.69) is 10.3 Å². The van der Waals surface area contributed by atoms with Crippen molar-refractivity contribution in [2.75, 3.05) is 31.6 Å². The van der Waals surface area contributed by atoms with E-state index in [1.165, 1.54) is 6.07 Å². The quantitative estimate of drug-likeness (QED) is 0.877. The predicted octanol–water partition coefficient (Wildman–Crippen LogP) is 1.72. The number of benzene rings is 1. The van der Waals surface area contributed by atoms with Crippen LogP contribution in [0.4, 0.5) is 5.69 Å². The number of carbonyl (C=O) groups is 2. The monoisotopic (exact) mass is 355 g/mol. The summed E-state index contributed by atoms with van der Waals surface area (Å²) >= 11 is 0. The largest absolute Gasteiger partial charge is 0.378 e. The van der Waals surface area contributed by atoms with Gasteiger partial charge in [0.2, 0.25) is 5.56 Å². The van der Waals surface area contributed by atoms with E-state index >= 15 is 0 Å². The minimum absolute atomic E-state index is 0.0751. The molecule has 0 aliphatic carbocycles. The van der Waals surface area contributed by atoms with Crippen molar-refractivity contribution >= 4 is 17.5 Å². The second-order valence-electron chi connectivity index (χ2n) is 6.30. The van der Waals surface area contributed by atoms with Gasteiger partial charge in [-0.2, -0.15) is 0 Å². The molecule has 0 radical (unpaired) electrons. The first-order valence-electron chi connectivity index (χ1n) is 8.44. The number of aryl methyl sites for hydroxylation is 2. The molecule has 1 fully saturated rings. The highest BCUT2D eigenvalue weighted by molar-refractivity contribution is 6.05. The molecular weight excluding hydrogens is 334 g/mol. The van der Waals surface area contributed by atoms with Crippen LogP contribution in [0.15, 0.2) is 35.1 Å². The Labute approximate surface area is 151 Å². The third-order valence-corrected chi connectivity index (χ3v) is 4.27. The fourth-order valence-corrected chi connectivity index (χ4v) is 2.88. The number of anilines is 1. The smallest absolute Gasteiger partial charge is 0.255 e. The highest BCUT2D eigenvalue weighted by Gasteiger charge is 2.20. The molecule has 0 spiro atoms. The maximum absolute atomic E-state index is 12.7. The first-order chi connectivity index (χ1) is 12.4. The van der Waals surface area contributed by atoms with Gasteiger partial charge in [0.05, 0.1) is 13.2 Å². The summed E-state index contributed by atoms with van der Waals surface area (Å²) < 4.78 is 5.28. The molecule has 2 amide bonds. The standard InChI is InChI=1S/C19H21N3O4/c1-12-3-4-15(11-16(12)19(25)22-5-7-26-8-6-22)21-18(24)14-9-13(2)20-17(23)10-14/h3-4,9-11H,5-8H2,1-2H3,(H,20,23)(H,21,24). The lowest BCUT2D eigenvalue weighted by molar-refractivity contribution is 0.0302. The lowest BCUT2D eigenvalue weighted by atomic mass is 10.1. The molecule has 3 rings (SSSR count). The molecule has 7 nitrogen and oxygen atoms in total. The Morgan fingerprint density at radius 1 is 1.12 bits per heavy atom.